The second-order valence-corrected chi connectivity index (χ2v) is 4.44. The van der Waals surface area contributed by atoms with Crippen molar-refractivity contribution in [2.24, 2.45) is 5.41 Å². The van der Waals surface area contributed by atoms with Gasteiger partial charge in [0.1, 0.15) is 0 Å². The maximum atomic E-state index is 9.05. The van der Waals surface area contributed by atoms with Crippen molar-refractivity contribution in [2.45, 2.75) is 13.8 Å². The molecule has 1 aromatic heterocycles. The van der Waals surface area contributed by atoms with Gasteiger partial charge in [0.05, 0.1) is 16.9 Å². The van der Waals surface area contributed by atoms with Crippen LogP contribution in [-0.2, 0) is 0 Å². The Labute approximate surface area is 89.1 Å². The van der Waals surface area contributed by atoms with E-state index in [1.165, 1.54) is 0 Å². The van der Waals surface area contributed by atoms with Crippen LogP contribution in [0.15, 0.2) is 18.5 Å². The fourth-order valence-corrected chi connectivity index (χ4v) is 1.07. The average molecular weight is 215 g/mol. The highest BCUT2D eigenvalue weighted by atomic mass is 35.5. The Morgan fingerprint density at radius 3 is 2.86 bits per heavy atom. The summed E-state index contributed by atoms with van der Waals surface area (Å²) in [4.78, 5) is 3.96. The molecule has 0 atom stereocenters. The molecule has 0 fully saturated rings. The molecule has 0 aromatic carbocycles. The van der Waals surface area contributed by atoms with E-state index >= 15 is 0 Å². The molecule has 4 heteroatoms. The van der Waals surface area contributed by atoms with Crippen molar-refractivity contribution >= 4 is 17.3 Å². The molecule has 14 heavy (non-hydrogen) atoms. The molecule has 0 unspecified atom stereocenters. The summed E-state index contributed by atoms with van der Waals surface area (Å²) >= 11 is 5.93. The van der Waals surface area contributed by atoms with Crippen molar-refractivity contribution in [2.75, 3.05) is 18.5 Å². The zero-order chi connectivity index (χ0) is 10.6. The molecular weight excluding hydrogens is 200 g/mol. The van der Waals surface area contributed by atoms with Gasteiger partial charge in [0, 0.05) is 24.8 Å². The van der Waals surface area contributed by atoms with Crippen LogP contribution < -0.4 is 5.32 Å². The van der Waals surface area contributed by atoms with Crippen LogP contribution in [0.25, 0.3) is 0 Å². The van der Waals surface area contributed by atoms with Crippen molar-refractivity contribution < 1.29 is 5.11 Å². The number of hydrogen-bond donors (Lipinski definition) is 2. The molecule has 1 aromatic rings. The van der Waals surface area contributed by atoms with Crippen LogP contribution in [0, 0.1) is 5.41 Å². The van der Waals surface area contributed by atoms with Crippen molar-refractivity contribution in [1.82, 2.24) is 4.98 Å². The van der Waals surface area contributed by atoms with E-state index in [0.29, 0.717) is 11.6 Å². The Bertz CT molecular complexity index is 302. The topological polar surface area (TPSA) is 45.1 Å². The predicted octanol–water partition coefficient (Wildman–Crippen LogP) is 2.17. The van der Waals surface area contributed by atoms with E-state index < -0.39 is 0 Å². The van der Waals surface area contributed by atoms with Crippen molar-refractivity contribution in [3.05, 3.63) is 23.5 Å². The van der Waals surface area contributed by atoms with Crippen LogP contribution in [0.5, 0.6) is 0 Å². The smallest absolute Gasteiger partial charge is 0.0716 e. The first kappa shape index (κ1) is 11.3. The van der Waals surface area contributed by atoms with E-state index in [2.05, 4.69) is 10.3 Å². The Kier molecular flexibility index (Phi) is 3.72. The van der Waals surface area contributed by atoms with E-state index in [9.17, 15) is 0 Å². The molecule has 1 rings (SSSR count). The fraction of sp³-hybridized carbons (Fsp3) is 0.500. The molecule has 3 nitrogen and oxygen atoms in total. The van der Waals surface area contributed by atoms with Gasteiger partial charge in [-0.3, -0.25) is 4.98 Å². The van der Waals surface area contributed by atoms with Crippen LogP contribution in [0.2, 0.25) is 5.02 Å². The third-order valence-electron chi connectivity index (χ3n) is 1.95. The lowest BCUT2D eigenvalue weighted by molar-refractivity contribution is 0.171. The SMILES string of the molecule is CC(C)(CO)CNc1cnccc1Cl. The quantitative estimate of drug-likeness (QED) is 0.808. The molecule has 0 spiro atoms. The molecule has 0 amide bonds. The fourth-order valence-electron chi connectivity index (χ4n) is 0.898. The minimum absolute atomic E-state index is 0.137. The molecular formula is C10H15ClN2O. The molecule has 0 radical (unpaired) electrons. The number of aromatic nitrogens is 1. The largest absolute Gasteiger partial charge is 0.396 e. The number of anilines is 1. The van der Waals surface area contributed by atoms with Crippen LogP contribution in [0.1, 0.15) is 13.8 Å². The molecule has 0 saturated carbocycles. The third kappa shape index (κ3) is 3.16. The summed E-state index contributed by atoms with van der Waals surface area (Å²) in [5.41, 5.74) is 0.648. The Morgan fingerprint density at radius 1 is 1.57 bits per heavy atom. The number of aliphatic hydroxyl groups excluding tert-OH is 1. The first-order valence-corrected chi connectivity index (χ1v) is 4.87. The first-order chi connectivity index (χ1) is 6.55. The predicted molar refractivity (Wildman–Crippen MR) is 58.6 cm³/mol. The van der Waals surface area contributed by atoms with Gasteiger partial charge in [-0.1, -0.05) is 25.4 Å². The number of hydrogen-bond acceptors (Lipinski definition) is 3. The van der Waals surface area contributed by atoms with E-state index in [-0.39, 0.29) is 12.0 Å². The van der Waals surface area contributed by atoms with Crippen molar-refractivity contribution in [1.29, 1.82) is 0 Å². The molecule has 0 aliphatic heterocycles. The number of nitrogens with zero attached hydrogens (tertiary/aromatic N) is 1. The summed E-state index contributed by atoms with van der Waals surface area (Å²) in [6.07, 6.45) is 3.32. The molecule has 0 bridgehead atoms. The highest BCUT2D eigenvalue weighted by Gasteiger charge is 2.16. The molecule has 0 aliphatic rings. The minimum atomic E-state index is -0.154. The van der Waals surface area contributed by atoms with Gasteiger partial charge in [-0.2, -0.15) is 0 Å². The Balaban J connectivity index is 2.58. The van der Waals surface area contributed by atoms with Gasteiger partial charge in [0.15, 0.2) is 0 Å². The summed E-state index contributed by atoms with van der Waals surface area (Å²) in [6.45, 7) is 4.75. The molecule has 1 heterocycles. The Hall–Kier alpha value is -0.800. The summed E-state index contributed by atoms with van der Waals surface area (Å²) in [6, 6.07) is 1.73. The van der Waals surface area contributed by atoms with Gasteiger partial charge in [-0.25, -0.2) is 0 Å². The molecule has 0 saturated heterocycles. The lowest BCUT2D eigenvalue weighted by Crippen LogP contribution is -2.26. The second kappa shape index (κ2) is 4.62. The van der Waals surface area contributed by atoms with Gasteiger partial charge in [-0.15, -0.1) is 0 Å². The van der Waals surface area contributed by atoms with Crippen LogP contribution in [-0.4, -0.2) is 23.2 Å². The Morgan fingerprint density at radius 2 is 2.29 bits per heavy atom. The number of pyridine rings is 1. The maximum absolute atomic E-state index is 9.05. The zero-order valence-corrected chi connectivity index (χ0v) is 9.17. The maximum Gasteiger partial charge on any atom is 0.0716 e. The molecule has 2 N–H and O–H groups in total. The third-order valence-corrected chi connectivity index (χ3v) is 2.28. The van der Waals surface area contributed by atoms with Gasteiger partial charge < -0.3 is 10.4 Å². The number of aliphatic hydroxyl groups is 1. The van der Waals surface area contributed by atoms with E-state index in [0.717, 1.165) is 5.69 Å². The van der Waals surface area contributed by atoms with E-state index in [1.807, 2.05) is 13.8 Å². The van der Waals surface area contributed by atoms with Gasteiger partial charge in [-0.05, 0) is 6.07 Å². The van der Waals surface area contributed by atoms with Crippen molar-refractivity contribution in [3.63, 3.8) is 0 Å². The van der Waals surface area contributed by atoms with Crippen molar-refractivity contribution in [3.8, 4) is 0 Å². The standard InChI is InChI=1S/C10H15ClN2O/c1-10(2,7-14)6-13-9-5-12-4-3-8(9)11/h3-5,13-14H,6-7H2,1-2H3. The highest BCUT2D eigenvalue weighted by molar-refractivity contribution is 6.33. The zero-order valence-electron chi connectivity index (χ0n) is 8.42. The number of rotatable bonds is 4. The first-order valence-electron chi connectivity index (χ1n) is 4.49. The summed E-state index contributed by atoms with van der Waals surface area (Å²) in [5, 5.41) is 12.8. The highest BCUT2D eigenvalue weighted by Crippen LogP contribution is 2.21. The van der Waals surface area contributed by atoms with Gasteiger partial charge >= 0.3 is 0 Å². The van der Waals surface area contributed by atoms with Crippen LogP contribution >= 0.6 is 11.6 Å². The minimum Gasteiger partial charge on any atom is -0.396 e. The lowest BCUT2D eigenvalue weighted by atomic mass is 9.95. The monoisotopic (exact) mass is 214 g/mol. The van der Waals surface area contributed by atoms with Crippen LogP contribution in [0.3, 0.4) is 0 Å². The van der Waals surface area contributed by atoms with Gasteiger partial charge in [0.2, 0.25) is 0 Å². The molecule has 78 valence electrons. The lowest BCUT2D eigenvalue weighted by Gasteiger charge is -2.22. The second-order valence-electron chi connectivity index (χ2n) is 4.03. The normalized spacial score (nSPS) is 11.4. The number of halogens is 1. The summed E-state index contributed by atoms with van der Waals surface area (Å²) in [5.74, 6) is 0. The average Bonchev–Trinajstić information content (AvgIpc) is 2.17. The molecule has 0 aliphatic carbocycles. The van der Waals surface area contributed by atoms with E-state index in [4.69, 9.17) is 16.7 Å². The summed E-state index contributed by atoms with van der Waals surface area (Å²) < 4.78 is 0. The summed E-state index contributed by atoms with van der Waals surface area (Å²) in [7, 11) is 0. The van der Waals surface area contributed by atoms with Crippen LogP contribution in [0.4, 0.5) is 5.69 Å². The number of nitrogens with one attached hydrogen (secondary N) is 1. The van der Waals surface area contributed by atoms with Gasteiger partial charge in [0.25, 0.3) is 0 Å². The van der Waals surface area contributed by atoms with E-state index in [1.54, 1.807) is 18.5 Å².